The van der Waals surface area contributed by atoms with Crippen LogP contribution in [0, 0.1) is 11.6 Å². The number of morpholine rings is 1. The number of β-amino-alcohol motifs (C(OH)–C–C–N with tert-alkyl or cyclic N) is 1. The number of aliphatic imine (C=N–C) groups is 1. The van der Waals surface area contributed by atoms with E-state index >= 15 is 0 Å². The SMILES string of the molecule is CCNC(=NCC(C)(O)CN1CCOCC1)NCC(c1c(F)cccc1F)N(C)C.I. The molecule has 178 valence electrons. The molecule has 0 radical (unpaired) electrons. The molecule has 1 aromatic rings. The van der Waals surface area contributed by atoms with Gasteiger partial charge in [-0.3, -0.25) is 9.89 Å². The summed E-state index contributed by atoms with van der Waals surface area (Å²) in [5.74, 6) is -0.667. The normalized spacial score (nSPS) is 18.3. The summed E-state index contributed by atoms with van der Waals surface area (Å²) in [6.07, 6.45) is 0. The first kappa shape index (κ1) is 28.0. The molecule has 0 aromatic heterocycles. The van der Waals surface area contributed by atoms with E-state index in [1.54, 1.807) is 25.9 Å². The molecule has 0 amide bonds. The summed E-state index contributed by atoms with van der Waals surface area (Å²) in [5.41, 5.74) is -0.983. The van der Waals surface area contributed by atoms with Crippen LogP contribution in [0.1, 0.15) is 25.5 Å². The monoisotopic (exact) mass is 555 g/mol. The molecule has 7 nitrogen and oxygen atoms in total. The van der Waals surface area contributed by atoms with Crippen LogP contribution in [0.15, 0.2) is 23.2 Å². The number of guanidine groups is 1. The Morgan fingerprint density at radius 3 is 2.42 bits per heavy atom. The van der Waals surface area contributed by atoms with E-state index in [1.807, 2.05) is 6.92 Å². The third-order valence-corrected chi connectivity index (χ3v) is 5.01. The second kappa shape index (κ2) is 13.5. The van der Waals surface area contributed by atoms with E-state index in [2.05, 4.69) is 20.5 Å². The zero-order valence-corrected chi connectivity index (χ0v) is 21.2. The number of rotatable bonds is 9. The summed E-state index contributed by atoms with van der Waals surface area (Å²) in [6, 6.07) is 3.36. The number of nitrogens with zero attached hydrogens (tertiary/aromatic N) is 3. The quantitative estimate of drug-likeness (QED) is 0.246. The predicted molar refractivity (Wildman–Crippen MR) is 130 cm³/mol. The molecular formula is C21H36F2IN5O2. The van der Waals surface area contributed by atoms with Crippen LogP contribution in [0.5, 0.6) is 0 Å². The maximum absolute atomic E-state index is 14.3. The molecule has 1 aliphatic rings. The molecule has 1 heterocycles. The molecule has 1 saturated heterocycles. The average Bonchev–Trinajstić information content (AvgIpc) is 2.68. The van der Waals surface area contributed by atoms with Crippen molar-refractivity contribution in [3.8, 4) is 0 Å². The number of nitrogens with one attached hydrogen (secondary N) is 2. The zero-order chi connectivity index (χ0) is 22.1. The number of benzene rings is 1. The van der Waals surface area contributed by atoms with E-state index in [1.165, 1.54) is 18.2 Å². The number of likely N-dealkylation sites (N-methyl/N-ethyl adjacent to an activating group) is 1. The van der Waals surface area contributed by atoms with E-state index in [-0.39, 0.29) is 42.6 Å². The van der Waals surface area contributed by atoms with Crippen molar-refractivity contribution in [3.63, 3.8) is 0 Å². The summed E-state index contributed by atoms with van der Waals surface area (Å²) in [7, 11) is 3.55. The van der Waals surface area contributed by atoms with Crippen LogP contribution < -0.4 is 10.6 Å². The van der Waals surface area contributed by atoms with Gasteiger partial charge in [0.05, 0.1) is 31.4 Å². The van der Waals surface area contributed by atoms with Crippen molar-refractivity contribution >= 4 is 29.9 Å². The molecule has 1 fully saturated rings. The summed E-state index contributed by atoms with van der Waals surface area (Å²) in [5, 5.41) is 17.0. The molecule has 0 bridgehead atoms. The molecule has 2 atom stereocenters. The lowest BCUT2D eigenvalue weighted by molar-refractivity contribution is -0.0180. The summed E-state index contributed by atoms with van der Waals surface area (Å²) in [6.45, 7) is 8.18. The highest BCUT2D eigenvalue weighted by atomic mass is 127. The third kappa shape index (κ3) is 9.13. The van der Waals surface area contributed by atoms with Gasteiger partial charge in [-0.2, -0.15) is 0 Å². The Balaban J connectivity index is 0.00000480. The minimum Gasteiger partial charge on any atom is -0.387 e. The van der Waals surface area contributed by atoms with Crippen LogP contribution in [-0.2, 0) is 4.74 Å². The fraction of sp³-hybridized carbons (Fsp3) is 0.667. The number of ether oxygens (including phenoxy) is 1. The van der Waals surface area contributed by atoms with Gasteiger partial charge in [-0.1, -0.05) is 6.07 Å². The van der Waals surface area contributed by atoms with Gasteiger partial charge in [-0.05, 0) is 40.1 Å². The Kier molecular flexibility index (Phi) is 12.1. The summed E-state index contributed by atoms with van der Waals surface area (Å²) >= 11 is 0. The Morgan fingerprint density at radius 2 is 1.87 bits per heavy atom. The highest BCUT2D eigenvalue weighted by Crippen LogP contribution is 2.23. The van der Waals surface area contributed by atoms with Gasteiger partial charge in [0.2, 0.25) is 0 Å². The zero-order valence-electron chi connectivity index (χ0n) is 18.8. The molecule has 2 unspecified atom stereocenters. The molecule has 1 aromatic carbocycles. The standard InChI is InChI=1S/C21H35F2N5O2.HI/c1-5-24-20(26-14-21(2,29)15-28-9-11-30-12-10-28)25-13-18(27(3)4)19-16(22)7-6-8-17(19)23;/h6-8,18,29H,5,9-15H2,1-4H3,(H2,24,25,26);1H. The van der Waals surface area contributed by atoms with E-state index in [4.69, 9.17) is 4.74 Å². The minimum atomic E-state index is -1.00. The van der Waals surface area contributed by atoms with Crippen LogP contribution in [0.4, 0.5) is 8.78 Å². The fourth-order valence-electron chi connectivity index (χ4n) is 3.45. The van der Waals surface area contributed by atoms with Crippen molar-refractivity contribution in [2.45, 2.75) is 25.5 Å². The van der Waals surface area contributed by atoms with Gasteiger partial charge >= 0.3 is 0 Å². The topological polar surface area (TPSA) is 72.4 Å². The molecular weight excluding hydrogens is 519 g/mol. The van der Waals surface area contributed by atoms with Crippen molar-refractivity contribution in [2.24, 2.45) is 4.99 Å². The van der Waals surface area contributed by atoms with E-state index in [0.717, 1.165) is 13.1 Å². The maximum Gasteiger partial charge on any atom is 0.191 e. The Bertz CT molecular complexity index is 680. The number of hydrogen-bond acceptors (Lipinski definition) is 5. The molecule has 2 rings (SSSR count). The lowest BCUT2D eigenvalue weighted by Crippen LogP contribution is -2.48. The largest absolute Gasteiger partial charge is 0.387 e. The van der Waals surface area contributed by atoms with Crippen LogP contribution in [0.2, 0.25) is 0 Å². The third-order valence-electron chi connectivity index (χ3n) is 5.01. The Labute approximate surface area is 201 Å². The van der Waals surface area contributed by atoms with Crippen molar-refractivity contribution in [2.75, 3.05) is 66.6 Å². The molecule has 1 aliphatic heterocycles. The first-order chi connectivity index (χ1) is 14.2. The predicted octanol–water partition coefficient (Wildman–Crippen LogP) is 1.82. The first-order valence-electron chi connectivity index (χ1n) is 10.4. The Hall–Kier alpha value is -1.08. The van der Waals surface area contributed by atoms with Gasteiger partial charge < -0.3 is 25.4 Å². The lowest BCUT2D eigenvalue weighted by Gasteiger charge is -2.33. The lowest BCUT2D eigenvalue weighted by atomic mass is 10.0. The first-order valence-corrected chi connectivity index (χ1v) is 10.4. The van der Waals surface area contributed by atoms with Crippen molar-refractivity contribution in [3.05, 3.63) is 35.4 Å². The summed E-state index contributed by atoms with van der Waals surface area (Å²) in [4.78, 5) is 8.41. The molecule has 0 saturated carbocycles. The van der Waals surface area contributed by atoms with Gasteiger partial charge in [0.15, 0.2) is 5.96 Å². The second-order valence-electron chi connectivity index (χ2n) is 8.08. The molecule has 3 N–H and O–H groups in total. The maximum atomic E-state index is 14.3. The van der Waals surface area contributed by atoms with E-state index in [9.17, 15) is 13.9 Å². The van der Waals surface area contributed by atoms with Gasteiger partial charge in [-0.25, -0.2) is 8.78 Å². The van der Waals surface area contributed by atoms with Gasteiger partial charge in [-0.15, -0.1) is 24.0 Å². The second-order valence-corrected chi connectivity index (χ2v) is 8.08. The van der Waals surface area contributed by atoms with Gasteiger partial charge in [0.25, 0.3) is 0 Å². The van der Waals surface area contributed by atoms with Crippen LogP contribution >= 0.6 is 24.0 Å². The van der Waals surface area contributed by atoms with Gasteiger partial charge in [0.1, 0.15) is 11.6 Å². The van der Waals surface area contributed by atoms with E-state index < -0.39 is 23.3 Å². The summed E-state index contributed by atoms with van der Waals surface area (Å²) < 4.78 is 33.9. The highest BCUT2D eigenvalue weighted by molar-refractivity contribution is 14.0. The molecule has 31 heavy (non-hydrogen) atoms. The number of hydrogen-bond donors (Lipinski definition) is 3. The van der Waals surface area contributed by atoms with Crippen LogP contribution in [-0.4, -0.2) is 93.0 Å². The van der Waals surface area contributed by atoms with Crippen molar-refractivity contribution in [1.29, 1.82) is 0 Å². The van der Waals surface area contributed by atoms with Crippen molar-refractivity contribution < 1.29 is 18.6 Å². The number of halogens is 3. The minimum absolute atomic E-state index is 0. The van der Waals surface area contributed by atoms with Crippen LogP contribution in [0.3, 0.4) is 0 Å². The number of aliphatic hydroxyl groups is 1. The molecule has 0 spiro atoms. The molecule has 0 aliphatic carbocycles. The smallest absolute Gasteiger partial charge is 0.191 e. The average molecular weight is 555 g/mol. The Morgan fingerprint density at radius 1 is 1.26 bits per heavy atom. The highest BCUT2D eigenvalue weighted by Gasteiger charge is 2.26. The van der Waals surface area contributed by atoms with Crippen molar-refractivity contribution in [1.82, 2.24) is 20.4 Å². The molecule has 10 heteroatoms. The van der Waals surface area contributed by atoms with Gasteiger partial charge in [0, 0.05) is 38.3 Å². The van der Waals surface area contributed by atoms with Crippen LogP contribution in [0.25, 0.3) is 0 Å². The van der Waals surface area contributed by atoms with E-state index in [0.29, 0.717) is 32.3 Å². The fourth-order valence-corrected chi connectivity index (χ4v) is 3.45.